The van der Waals surface area contributed by atoms with Crippen molar-refractivity contribution in [2.45, 2.75) is 70.6 Å². The van der Waals surface area contributed by atoms with Crippen molar-refractivity contribution < 1.29 is 0 Å². The standard InChI is InChI=1S/C25H31N/c1-2-20-7-9-21(10-8-20)5-3-4-6-22-11-15-24(16-12-22)25-17-13-23(19-26)14-18-25/h3,5,13-14,17-18,20-22,24H,2,7-12,15-16H2,1H3/b5-3+/t20-,21-,22-,24-. The molecule has 3 rings (SSSR count). The Hall–Kier alpha value is -1.99. The summed E-state index contributed by atoms with van der Waals surface area (Å²) in [6.07, 6.45) is 16.2. The Morgan fingerprint density at radius 2 is 1.65 bits per heavy atom. The van der Waals surface area contributed by atoms with E-state index in [-0.39, 0.29) is 0 Å². The van der Waals surface area contributed by atoms with Gasteiger partial charge in [-0.3, -0.25) is 0 Å². The van der Waals surface area contributed by atoms with Crippen LogP contribution in [0.1, 0.15) is 81.8 Å². The number of nitrogens with zero attached hydrogens (tertiary/aromatic N) is 1. The molecule has 0 aliphatic heterocycles. The van der Waals surface area contributed by atoms with E-state index in [1.807, 2.05) is 12.1 Å². The molecule has 1 aromatic rings. The number of rotatable bonds is 3. The molecule has 0 unspecified atom stereocenters. The van der Waals surface area contributed by atoms with Crippen LogP contribution in [0.15, 0.2) is 36.4 Å². The maximum atomic E-state index is 8.91. The highest BCUT2D eigenvalue weighted by Crippen LogP contribution is 2.35. The van der Waals surface area contributed by atoms with Crippen LogP contribution in [0.3, 0.4) is 0 Å². The molecular formula is C25H31N. The van der Waals surface area contributed by atoms with Gasteiger partial charge in [0.05, 0.1) is 11.6 Å². The summed E-state index contributed by atoms with van der Waals surface area (Å²) in [5.41, 5.74) is 2.14. The number of hydrogen-bond acceptors (Lipinski definition) is 1. The first kappa shape index (κ1) is 18.8. The highest BCUT2D eigenvalue weighted by Gasteiger charge is 2.21. The second-order valence-corrected chi connectivity index (χ2v) is 8.12. The first-order valence-electron chi connectivity index (χ1n) is 10.5. The molecule has 26 heavy (non-hydrogen) atoms. The largest absolute Gasteiger partial charge is 0.192 e. The van der Waals surface area contributed by atoms with E-state index in [0.29, 0.717) is 11.8 Å². The number of benzene rings is 1. The summed E-state index contributed by atoms with van der Waals surface area (Å²) >= 11 is 0. The van der Waals surface area contributed by atoms with Crippen molar-refractivity contribution in [2.24, 2.45) is 17.8 Å². The molecule has 0 aromatic heterocycles. The summed E-state index contributed by atoms with van der Waals surface area (Å²) in [5, 5.41) is 8.91. The van der Waals surface area contributed by atoms with Gasteiger partial charge in [0.1, 0.15) is 0 Å². The van der Waals surface area contributed by atoms with Gasteiger partial charge in [-0.05, 0) is 92.9 Å². The summed E-state index contributed by atoms with van der Waals surface area (Å²) in [5.74, 6) is 9.76. The minimum atomic E-state index is 0.560. The molecule has 0 spiro atoms. The minimum Gasteiger partial charge on any atom is -0.192 e. The van der Waals surface area contributed by atoms with Crippen molar-refractivity contribution in [3.05, 3.63) is 47.5 Å². The lowest BCUT2D eigenvalue weighted by molar-refractivity contribution is 0.304. The Balaban J connectivity index is 1.42. The Morgan fingerprint density at radius 3 is 2.27 bits per heavy atom. The predicted molar refractivity (Wildman–Crippen MR) is 109 cm³/mol. The molecule has 0 amide bonds. The molecule has 0 N–H and O–H groups in total. The maximum absolute atomic E-state index is 8.91. The van der Waals surface area contributed by atoms with Crippen molar-refractivity contribution in [1.29, 1.82) is 5.26 Å². The SMILES string of the molecule is CC[C@H]1CC[C@H](/C=C/C#C[C@H]2CC[C@H](c3ccc(C#N)cc3)CC2)CC1. The molecule has 0 radical (unpaired) electrons. The lowest BCUT2D eigenvalue weighted by Gasteiger charge is -2.26. The third-order valence-corrected chi connectivity index (χ3v) is 6.45. The van der Waals surface area contributed by atoms with E-state index in [1.165, 1.54) is 63.4 Å². The van der Waals surface area contributed by atoms with Gasteiger partial charge in [0, 0.05) is 5.92 Å². The van der Waals surface area contributed by atoms with E-state index in [1.54, 1.807) is 0 Å². The second kappa shape index (κ2) is 9.64. The van der Waals surface area contributed by atoms with Crippen molar-refractivity contribution in [1.82, 2.24) is 0 Å². The molecule has 0 saturated heterocycles. The topological polar surface area (TPSA) is 23.8 Å². The smallest absolute Gasteiger partial charge is 0.0991 e. The van der Waals surface area contributed by atoms with Crippen molar-refractivity contribution >= 4 is 0 Å². The predicted octanol–water partition coefficient (Wildman–Crippen LogP) is 6.61. The van der Waals surface area contributed by atoms with Crippen LogP contribution in [0.2, 0.25) is 0 Å². The highest BCUT2D eigenvalue weighted by atomic mass is 14.3. The molecule has 1 nitrogen and oxygen atoms in total. The molecular weight excluding hydrogens is 314 g/mol. The zero-order valence-corrected chi connectivity index (χ0v) is 16.1. The van der Waals surface area contributed by atoms with Crippen LogP contribution in [-0.4, -0.2) is 0 Å². The van der Waals surface area contributed by atoms with Gasteiger partial charge in [-0.15, -0.1) is 0 Å². The molecule has 2 fully saturated rings. The summed E-state index contributed by atoms with van der Waals surface area (Å²) in [4.78, 5) is 0. The van der Waals surface area contributed by atoms with Crippen LogP contribution < -0.4 is 0 Å². The quantitative estimate of drug-likeness (QED) is 0.566. The Morgan fingerprint density at radius 1 is 0.962 bits per heavy atom. The summed E-state index contributed by atoms with van der Waals surface area (Å²) in [6, 6.07) is 10.3. The summed E-state index contributed by atoms with van der Waals surface area (Å²) in [7, 11) is 0. The lowest BCUT2D eigenvalue weighted by atomic mass is 9.79. The first-order chi connectivity index (χ1) is 12.8. The number of allylic oxidation sites excluding steroid dienone is 2. The van der Waals surface area contributed by atoms with Crippen LogP contribution in [0.25, 0.3) is 0 Å². The van der Waals surface area contributed by atoms with Gasteiger partial charge in [0.25, 0.3) is 0 Å². The molecule has 2 saturated carbocycles. The van der Waals surface area contributed by atoms with E-state index >= 15 is 0 Å². The van der Waals surface area contributed by atoms with Crippen LogP contribution >= 0.6 is 0 Å². The third-order valence-electron chi connectivity index (χ3n) is 6.45. The van der Waals surface area contributed by atoms with Crippen LogP contribution in [0.4, 0.5) is 0 Å². The molecule has 2 aliphatic carbocycles. The Labute approximate surface area is 159 Å². The molecule has 1 heteroatoms. The Kier molecular flexibility index (Phi) is 6.96. The van der Waals surface area contributed by atoms with Crippen LogP contribution in [0.5, 0.6) is 0 Å². The van der Waals surface area contributed by atoms with Gasteiger partial charge in [-0.1, -0.05) is 43.4 Å². The molecule has 0 heterocycles. The van der Waals surface area contributed by atoms with Crippen LogP contribution in [-0.2, 0) is 0 Å². The molecule has 0 atom stereocenters. The highest BCUT2D eigenvalue weighted by molar-refractivity contribution is 5.33. The van der Waals surface area contributed by atoms with Crippen molar-refractivity contribution in [2.75, 3.05) is 0 Å². The monoisotopic (exact) mass is 345 g/mol. The average molecular weight is 346 g/mol. The van der Waals surface area contributed by atoms with Gasteiger partial charge in [0.2, 0.25) is 0 Å². The maximum Gasteiger partial charge on any atom is 0.0991 e. The summed E-state index contributed by atoms with van der Waals surface area (Å²) in [6.45, 7) is 2.32. The molecule has 1 aromatic carbocycles. The second-order valence-electron chi connectivity index (χ2n) is 8.12. The van der Waals surface area contributed by atoms with Crippen LogP contribution in [0, 0.1) is 40.9 Å². The molecule has 2 aliphatic rings. The zero-order valence-electron chi connectivity index (χ0n) is 16.1. The average Bonchev–Trinajstić information content (AvgIpc) is 2.72. The van der Waals surface area contributed by atoms with Gasteiger partial charge in [-0.25, -0.2) is 0 Å². The minimum absolute atomic E-state index is 0.560. The van der Waals surface area contributed by atoms with E-state index in [0.717, 1.165) is 17.4 Å². The fourth-order valence-electron chi connectivity index (χ4n) is 4.54. The lowest BCUT2D eigenvalue weighted by Crippen LogP contribution is -2.12. The number of nitriles is 1. The number of hydrogen-bond donors (Lipinski definition) is 0. The van der Waals surface area contributed by atoms with Gasteiger partial charge in [0.15, 0.2) is 0 Å². The first-order valence-corrected chi connectivity index (χ1v) is 10.5. The third kappa shape index (κ3) is 5.25. The summed E-state index contributed by atoms with van der Waals surface area (Å²) < 4.78 is 0. The molecule has 0 bridgehead atoms. The van der Waals surface area contributed by atoms with E-state index in [9.17, 15) is 0 Å². The van der Waals surface area contributed by atoms with Gasteiger partial charge >= 0.3 is 0 Å². The Bertz CT molecular complexity index is 678. The fourth-order valence-corrected chi connectivity index (χ4v) is 4.54. The zero-order chi connectivity index (χ0) is 18.2. The van der Waals surface area contributed by atoms with E-state index in [4.69, 9.17) is 5.26 Å². The normalized spacial score (nSPS) is 28.9. The van der Waals surface area contributed by atoms with Gasteiger partial charge in [-0.2, -0.15) is 5.26 Å². The van der Waals surface area contributed by atoms with Crippen molar-refractivity contribution in [3.63, 3.8) is 0 Å². The van der Waals surface area contributed by atoms with E-state index < -0.39 is 0 Å². The molecule has 136 valence electrons. The van der Waals surface area contributed by atoms with Gasteiger partial charge < -0.3 is 0 Å². The fraction of sp³-hybridized carbons (Fsp3) is 0.560. The van der Waals surface area contributed by atoms with Crippen molar-refractivity contribution in [3.8, 4) is 17.9 Å². The van der Waals surface area contributed by atoms with E-state index in [2.05, 4.69) is 49.1 Å².